The third-order valence-electron chi connectivity index (χ3n) is 7.28. The number of likely N-dealkylation sites (tertiary alicyclic amines) is 1. The Hall–Kier alpha value is -3.12. The number of hydrogen-bond acceptors (Lipinski definition) is 4. The number of rotatable bonds is 5. The molecular weight excluding hydrogens is 460 g/mol. The molecular formula is C26H28F4N4O. The molecule has 0 aliphatic carbocycles. The first-order valence-corrected chi connectivity index (χ1v) is 11.7. The lowest BCUT2D eigenvalue weighted by Crippen LogP contribution is -2.40. The van der Waals surface area contributed by atoms with E-state index < -0.39 is 17.3 Å². The van der Waals surface area contributed by atoms with Gasteiger partial charge in [0.05, 0.1) is 23.1 Å². The minimum Gasteiger partial charge on any atom is -0.370 e. The molecule has 5 nitrogen and oxygen atoms in total. The zero-order valence-electron chi connectivity index (χ0n) is 19.5. The number of carbonyl (C=O) groups excluding carboxylic acids is 1. The molecule has 0 spiro atoms. The predicted octanol–water partition coefficient (Wildman–Crippen LogP) is 4.43. The molecule has 2 atom stereocenters. The van der Waals surface area contributed by atoms with Crippen molar-refractivity contribution in [2.45, 2.75) is 25.6 Å². The zero-order valence-corrected chi connectivity index (χ0v) is 19.5. The quantitative estimate of drug-likeness (QED) is 0.633. The van der Waals surface area contributed by atoms with Gasteiger partial charge in [-0.25, -0.2) is 4.39 Å². The van der Waals surface area contributed by atoms with Crippen LogP contribution in [0.2, 0.25) is 0 Å². The van der Waals surface area contributed by atoms with Gasteiger partial charge in [0.15, 0.2) is 0 Å². The molecule has 0 radical (unpaired) electrons. The number of amides is 1. The molecule has 4 rings (SSSR count). The van der Waals surface area contributed by atoms with E-state index in [1.165, 1.54) is 24.3 Å². The topological polar surface area (TPSA) is 59.4 Å². The third-order valence-corrected chi connectivity index (χ3v) is 7.28. The van der Waals surface area contributed by atoms with E-state index in [0.717, 1.165) is 37.6 Å². The monoisotopic (exact) mass is 488 g/mol. The highest BCUT2D eigenvalue weighted by Crippen LogP contribution is 2.40. The van der Waals surface area contributed by atoms with Crippen molar-refractivity contribution in [3.8, 4) is 6.07 Å². The Morgan fingerprint density at radius 2 is 1.89 bits per heavy atom. The van der Waals surface area contributed by atoms with Gasteiger partial charge in [0.2, 0.25) is 5.91 Å². The molecule has 2 aromatic carbocycles. The number of nitrogens with one attached hydrogen (secondary N) is 1. The Balaban J connectivity index is 1.47. The van der Waals surface area contributed by atoms with Crippen LogP contribution in [0.4, 0.5) is 23.2 Å². The fraction of sp³-hybridized carbons (Fsp3) is 0.462. The lowest BCUT2D eigenvalue weighted by atomic mass is 9.78. The van der Waals surface area contributed by atoms with Gasteiger partial charge in [-0.05, 0) is 73.7 Å². The van der Waals surface area contributed by atoms with Crippen molar-refractivity contribution >= 4 is 11.6 Å². The predicted molar refractivity (Wildman–Crippen MR) is 124 cm³/mol. The molecule has 0 aromatic heterocycles. The summed E-state index contributed by atoms with van der Waals surface area (Å²) in [5, 5.41) is 11.8. The molecule has 2 aromatic rings. The van der Waals surface area contributed by atoms with Gasteiger partial charge in [-0.15, -0.1) is 0 Å². The Morgan fingerprint density at radius 3 is 2.51 bits per heavy atom. The van der Waals surface area contributed by atoms with E-state index in [9.17, 15) is 22.4 Å². The normalized spacial score (nSPS) is 21.7. The lowest BCUT2D eigenvalue weighted by molar-refractivity contribution is -0.137. The van der Waals surface area contributed by atoms with Crippen molar-refractivity contribution < 1.29 is 22.4 Å². The first-order chi connectivity index (χ1) is 16.7. The van der Waals surface area contributed by atoms with Gasteiger partial charge in [0.1, 0.15) is 5.82 Å². The van der Waals surface area contributed by atoms with E-state index in [2.05, 4.69) is 10.2 Å². The van der Waals surface area contributed by atoms with Crippen LogP contribution in [-0.4, -0.2) is 44.0 Å². The van der Waals surface area contributed by atoms with Crippen LogP contribution in [0.1, 0.15) is 29.5 Å². The summed E-state index contributed by atoms with van der Waals surface area (Å²) in [6.45, 7) is 3.10. The van der Waals surface area contributed by atoms with Gasteiger partial charge in [-0.2, -0.15) is 18.4 Å². The molecule has 0 unspecified atom stereocenters. The van der Waals surface area contributed by atoms with Gasteiger partial charge in [-0.1, -0.05) is 12.1 Å². The van der Waals surface area contributed by atoms with Crippen LogP contribution < -0.4 is 10.2 Å². The summed E-state index contributed by atoms with van der Waals surface area (Å²) < 4.78 is 54.0. The highest BCUT2D eigenvalue weighted by atomic mass is 19.4. The van der Waals surface area contributed by atoms with E-state index >= 15 is 0 Å². The molecule has 1 amide bonds. The van der Waals surface area contributed by atoms with Crippen molar-refractivity contribution in [1.82, 2.24) is 10.2 Å². The van der Waals surface area contributed by atoms with Crippen LogP contribution in [-0.2, 0) is 17.5 Å². The number of nitrogens with zero attached hydrogens (tertiary/aromatic N) is 3. The molecule has 2 saturated heterocycles. The van der Waals surface area contributed by atoms with E-state index in [-0.39, 0.29) is 29.5 Å². The Labute approximate surface area is 202 Å². The number of nitriles is 1. The first-order valence-electron chi connectivity index (χ1n) is 11.7. The number of anilines is 1. The highest BCUT2D eigenvalue weighted by Gasteiger charge is 2.43. The van der Waals surface area contributed by atoms with Gasteiger partial charge >= 0.3 is 6.18 Å². The molecule has 2 aliphatic heterocycles. The van der Waals surface area contributed by atoms with Gasteiger partial charge in [-0.3, -0.25) is 9.69 Å². The summed E-state index contributed by atoms with van der Waals surface area (Å²) in [7, 11) is 1.58. The average molecular weight is 489 g/mol. The summed E-state index contributed by atoms with van der Waals surface area (Å²) in [6, 6.07) is 11.9. The number of piperidine rings is 1. The second kappa shape index (κ2) is 10.2. The molecule has 0 bridgehead atoms. The maximum Gasteiger partial charge on any atom is 0.417 e. The summed E-state index contributed by atoms with van der Waals surface area (Å²) >= 11 is 0. The van der Waals surface area contributed by atoms with Crippen LogP contribution in [0.5, 0.6) is 0 Å². The number of benzene rings is 2. The maximum atomic E-state index is 13.5. The van der Waals surface area contributed by atoms with E-state index in [1.54, 1.807) is 19.2 Å². The number of carbonyl (C=O) groups is 1. The van der Waals surface area contributed by atoms with Gasteiger partial charge in [0.25, 0.3) is 0 Å². The van der Waals surface area contributed by atoms with Crippen molar-refractivity contribution in [2.24, 2.45) is 17.8 Å². The Morgan fingerprint density at radius 1 is 1.14 bits per heavy atom. The van der Waals surface area contributed by atoms with E-state index in [4.69, 9.17) is 5.26 Å². The van der Waals surface area contributed by atoms with Crippen molar-refractivity contribution in [3.63, 3.8) is 0 Å². The maximum absolute atomic E-state index is 13.5. The number of alkyl halides is 3. The van der Waals surface area contributed by atoms with Crippen molar-refractivity contribution in [3.05, 3.63) is 65.0 Å². The Bertz CT molecular complexity index is 1110. The number of halogens is 4. The van der Waals surface area contributed by atoms with Crippen LogP contribution in [0.15, 0.2) is 42.5 Å². The highest BCUT2D eigenvalue weighted by molar-refractivity contribution is 5.80. The summed E-state index contributed by atoms with van der Waals surface area (Å²) in [6.07, 6.45) is -2.90. The molecule has 0 saturated carbocycles. The SMILES string of the molecule is CNC(=O)[C@@H]1CN(c2ccc(C#N)c(C(F)(F)F)c2)C[C@H]1C1CCN(Cc2cccc(F)c2)CC1. The average Bonchev–Trinajstić information content (AvgIpc) is 3.28. The second-order valence-corrected chi connectivity index (χ2v) is 9.37. The molecule has 2 aliphatic rings. The molecule has 2 heterocycles. The fourth-order valence-electron chi connectivity index (χ4n) is 5.47. The first kappa shape index (κ1) is 25.0. The molecule has 2 fully saturated rings. The molecule has 1 N–H and O–H groups in total. The van der Waals surface area contributed by atoms with Crippen molar-refractivity contribution in [1.29, 1.82) is 5.26 Å². The number of hydrogen-bond donors (Lipinski definition) is 1. The third kappa shape index (κ3) is 5.59. The summed E-state index contributed by atoms with van der Waals surface area (Å²) in [5.74, 6) is -0.426. The van der Waals surface area contributed by atoms with Crippen LogP contribution in [0.3, 0.4) is 0 Å². The van der Waals surface area contributed by atoms with Crippen LogP contribution in [0.25, 0.3) is 0 Å². The standard InChI is InChI=1S/C26H28F4N4O/c1-32-25(35)23-16-34(21-6-5-19(13-31)24(12-21)26(28,29)30)15-22(23)18-7-9-33(10-8-18)14-17-3-2-4-20(27)11-17/h2-6,11-12,18,22-23H,7-10,14-16H2,1H3,(H,32,35)/t22-,23+/m0/s1. The lowest BCUT2D eigenvalue weighted by Gasteiger charge is -2.36. The molecule has 186 valence electrons. The summed E-state index contributed by atoms with van der Waals surface area (Å²) in [5.41, 5.74) is -0.0788. The zero-order chi connectivity index (χ0) is 25.2. The largest absolute Gasteiger partial charge is 0.417 e. The van der Waals surface area contributed by atoms with Gasteiger partial charge < -0.3 is 10.2 Å². The molecule has 35 heavy (non-hydrogen) atoms. The van der Waals surface area contributed by atoms with Gasteiger partial charge in [0, 0.05) is 32.4 Å². The Kier molecular flexibility index (Phi) is 7.31. The van der Waals surface area contributed by atoms with E-state index in [0.29, 0.717) is 25.3 Å². The van der Waals surface area contributed by atoms with Crippen molar-refractivity contribution in [2.75, 3.05) is 38.1 Å². The minimum atomic E-state index is -4.63. The fourth-order valence-corrected chi connectivity index (χ4v) is 5.47. The summed E-state index contributed by atoms with van der Waals surface area (Å²) in [4.78, 5) is 16.8. The minimum absolute atomic E-state index is 0.0104. The molecule has 9 heteroatoms. The second-order valence-electron chi connectivity index (χ2n) is 9.37. The van der Waals surface area contributed by atoms with Crippen LogP contribution >= 0.6 is 0 Å². The van der Waals surface area contributed by atoms with E-state index in [1.807, 2.05) is 11.0 Å². The van der Waals surface area contributed by atoms with Crippen LogP contribution in [0, 0.1) is 34.9 Å². The smallest absolute Gasteiger partial charge is 0.370 e.